The van der Waals surface area contributed by atoms with E-state index in [0.717, 1.165) is 26.9 Å². The minimum absolute atomic E-state index is 0.0682. The highest BCUT2D eigenvalue weighted by molar-refractivity contribution is 6.19. The summed E-state index contributed by atoms with van der Waals surface area (Å²) >= 11 is 0. The molecular formula is C32H22N4O3. The van der Waals surface area contributed by atoms with Crippen LogP contribution in [0, 0.1) is 11.3 Å². The van der Waals surface area contributed by atoms with Crippen LogP contribution in [0.25, 0.3) is 33.8 Å². The van der Waals surface area contributed by atoms with Crippen molar-refractivity contribution in [2.45, 2.75) is 13.5 Å². The molecule has 0 fully saturated rings. The van der Waals surface area contributed by atoms with Gasteiger partial charge >= 0.3 is 0 Å². The Morgan fingerprint density at radius 3 is 2.44 bits per heavy atom. The Morgan fingerprint density at radius 1 is 0.923 bits per heavy atom. The molecule has 0 spiro atoms. The fourth-order valence-corrected chi connectivity index (χ4v) is 4.75. The van der Waals surface area contributed by atoms with Gasteiger partial charge in [0.25, 0.3) is 11.8 Å². The van der Waals surface area contributed by atoms with Crippen molar-refractivity contribution < 1.29 is 14.0 Å². The number of hydrogen-bond acceptors (Lipinski definition) is 5. The first-order valence-electron chi connectivity index (χ1n) is 12.4. The van der Waals surface area contributed by atoms with Gasteiger partial charge in [-0.3, -0.25) is 14.5 Å². The summed E-state index contributed by atoms with van der Waals surface area (Å²) in [6.45, 7) is 1.56. The highest BCUT2D eigenvalue weighted by atomic mass is 16.3. The first kappa shape index (κ1) is 23.9. The van der Waals surface area contributed by atoms with E-state index >= 15 is 0 Å². The molecule has 188 valence electrons. The molecule has 1 aliphatic heterocycles. The SMILES string of the molecule is CC1=C(C#N)C(=O)N(Cc2ccco2)C(=O)/C1=C/c1cn(-c2ccccc2)nc1-c1ccc2ccccc2c1. The maximum atomic E-state index is 13.7. The summed E-state index contributed by atoms with van der Waals surface area (Å²) in [6.07, 6.45) is 5.05. The lowest BCUT2D eigenvalue weighted by molar-refractivity contribution is -0.141. The molecule has 0 bridgehead atoms. The second kappa shape index (κ2) is 9.77. The van der Waals surface area contributed by atoms with E-state index in [1.54, 1.807) is 29.8 Å². The fourth-order valence-electron chi connectivity index (χ4n) is 4.75. The summed E-state index contributed by atoms with van der Waals surface area (Å²) in [5.41, 5.74) is 3.61. The van der Waals surface area contributed by atoms with E-state index in [2.05, 4.69) is 6.07 Å². The number of carbonyl (C=O) groups excluding carboxylic acids is 2. The molecule has 7 nitrogen and oxygen atoms in total. The summed E-state index contributed by atoms with van der Waals surface area (Å²) in [5.74, 6) is -0.685. The zero-order chi connectivity index (χ0) is 26.9. The fraction of sp³-hybridized carbons (Fsp3) is 0.0625. The highest BCUT2D eigenvalue weighted by Gasteiger charge is 2.36. The lowest BCUT2D eigenvalue weighted by Gasteiger charge is -2.26. The number of furan rings is 1. The molecule has 0 N–H and O–H groups in total. The maximum Gasteiger partial charge on any atom is 0.272 e. The van der Waals surface area contributed by atoms with Crippen molar-refractivity contribution in [3.05, 3.63) is 125 Å². The van der Waals surface area contributed by atoms with Crippen molar-refractivity contribution in [3.8, 4) is 23.0 Å². The first-order chi connectivity index (χ1) is 19.0. The van der Waals surface area contributed by atoms with Gasteiger partial charge in [0, 0.05) is 22.9 Å². The lowest BCUT2D eigenvalue weighted by atomic mass is 9.93. The van der Waals surface area contributed by atoms with Crippen LogP contribution in [0.5, 0.6) is 0 Å². The summed E-state index contributed by atoms with van der Waals surface area (Å²) in [7, 11) is 0. The molecule has 7 heteroatoms. The third kappa shape index (κ3) is 4.34. The summed E-state index contributed by atoms with van der Waals surface area (Å²) in [5, 5.41) is 16.9. The van der Waals surface area contributed by atoms with Gasteiger partial charge in [0.15, 0.2) is 0 Å². The Balaban J connectivity index is 1.52. The van der Waals surface area contributed by atoms with Gasteiger partial charge in [0.2, 0.25) is 0 Å². The molecule has 2 aromatic heterocycles. The van der Waals surface area contributed by atoms with Crippen LogP contribution in [0.3, 0.4) is 0 Å². The molecule has 5 aromatic rings. The van der Waals surface area contributed by atoms with E-state index in [9.17, 15) is 14.9 Å². The van der Waals surface area contributed by atoms with E-state index in [1.807, 2.05) is 79.0 Å². The summed E-state index contributed by atoms with van der Waals surface area (Å²) in [4.78, 5) is 27.8. The lowest BCUT2D eigenvalue weighted by Crippen LogP contribution is -2.42. The zero-order valence-corrected chi connectivity index (χ0v) is 21.0. The number of carbonyl (C=O) groups is 2. The first-order valence-corrected chi connectivity index (χ1v) is 12.4. The Bertz CT molecular complexity index is 1840. The molecule has 6 rings (SSSR count). The molecule has 0 atom stereocenters. The number of imide groups is 1. The van der Waals surface area contributed by atoms with Crippen molar-refractivity contribution in [2.24, 2.45) is 0 Å². The van der Waals surface area contributed by atoms with E-state index in [1.165, 1.54) is 6.26 Å². The minimum Gasteiger partial charge on any atom is -0.467 e. The second-order valence-corrected chi connectivity index (χ2v) is 9.22. The number of aromatic nitrogens is 2. The Kier molecular flexibility index (Phi) is 5.98. The van der Waals surface area contributed by atoms with Crippen LogP contribution < -0.4 is 0 Å². The molecule has 0 radical (unpaired) electrons. The monoisotopic (exact) mass is 510 g/mol. The van der Waals surface area contributed by atoms with Crippen molar-refractivity contribution in [1.82, 2.24) is 14.7 Å². The van der Waals surface area contributed by atoms with Gasteiger partial charge in [-0.25, -0.2) is 4.68 Å². The third-order valence-electron chi connectivity index (χ3n) is 6.81. The van der Waals surface area contributed by atoms with Crippen molar-refractivity contribution in [3.63, 3.8) is 0 Å². The number of para-hydroxylation sites is 1. The molecule has 0 saturated carbocycles. The predicted molar refractivity (Wildman–Crippen MR) is 147 cm³/mol. The van der Waals surface area contributed by atoms with E-state index in [4.69, 9.17) is 9.52 Å². The van der Waals surface area contributed by atoms with Gasteiger partial charge in [0.1, 0.15) is 17.4 Å². The second-order valence-electron chi connectivity index (χ2n) is 9.22. The highest BCUT2D eigenvalue weighted by Crippen LogP contribution is 2.33. The molecule has 0 unspecified atom stereocenters. The largest absolute Gasteiger partial charge is 0.467 e. The summed E-state index contributed by atoms with van der Waals surface area (Å²) in [6, 6.07) is 29.2. The Labute approximate surface area is 224 Å². The third-order valence-corrected chi connectivity index (χ3v) is 6.81. The van der Waals surface area contributed by atoms with E-state index < -0.39 is 11.8 Å². The standard InChI is InChI=1S/C32H22N4O3/c1-21-28(31(37)35(32(38)29(21)18-33)20-27-12-7-15-39-27)17-25-19-36(26-10-3-2-4-11-26)34-30(25)24-14-13-22-8-5-6-9-23(22)16-24/h2-17,19H,20H2,1H3/b28-17+. The van der Waals surface area contributed by atoms with Gasteiger partial charge in [-0.2, -0.15) is 10.4 Å². The summed E-state index contributed by atoms with van der Waals surface area (Å²) < 4.78 is 7.13. The molecular weight excluding hydrogens is 488 g/mol. The van der Waals surface area contributed by atoms with Crippen LogP contribution in [0.15, 0.2) is 119 Å². The minimum atomic E-state index is -0.636. The smallest absolute Gasteiger partial charge is 0.272 e. The topological polar surface area (TPSA) is 92.1 Å². The van der Waals surface area contributed by atoms with Gasteiger partial charge in [-0.05, 0) is 59.7 Å². The van der Waals surface area contributed by atoms with Crippen molar-refractivity contribution >= 4 is 28.7 Å². The van der Waals surface area contributed by atoms with Crippen LogP contribution in [0.4, 0.5) is 0 Å². The van der Waals surface area contributed by atoms with Crippen LogP contribution in [-0.2, 0) is 16.1 Å². The number of amides is 2. The molecule has 3 heterocycles. The number of hydrogen-bond donors (Lipinski definition) is 0. The van der Waals surface area contributed by atoms with Crippen LogP contribution in [-0.4, -0.2) is 26.5 Å². The normalized spacial score (nSPS) is 14.9. The van der Waals surface area contributed by atoms with Crippen molar-refractivity contribution in [1.29, 1.82) is 5.26 Å². The molecule has 3 aromatic carbocycles. The zero-order valence-electron chi connectivity index (χ0n) is 21.0. The number of fused-ring (bicyclic) bond motifs is 1. The Morgan fingerprint density at radius 2 is 1.69 bits per heavy atom. The van der Waals surface area contributed by atoms with Gasteiger partial charge in [0.05, 0.1) is 24.2 Å². The van der Waals surface area contributed by atoms with Gasteiger partial charge in [-0.1, -0.05) is 54.6 Å². The number of benzene rings is 3. The van der Waals surface area contributed by atoms with Gasteiger partial charge < -0.3 is 4.42 Å². The van der Waals surface area contributed by atoms with Crippen LogP contribution in [0.1, 0.15) is 18.2 Å². The van der Waals surface area contributed by atoms with E-state index in [0.29, 0.717) is 22.6 Å². The number of nitriles is 1. The van der Waals surface area contributed by atoms with Crippen LogP contribution in [0.2, 0.25) is 0 Å². The quantitative estimate of drug-likeness (QED) is 0.211. The van der Waals surface area contributed by atoms with Gasteiger partial charge in [-0.15, -0.1) is 0 Å². The molecule has 0 aliphatic carbocycles. The Hall–Kier alpha value is -5.48. The molecule has 2 amide bonds. The molecule has 1 aliphatic rings. The predicted octanol–water partition coefficient (Wildman–Crippen LogP) is 6.08. The average molecular weight is 511 g/mol. The maximum absolute atomic E-state index is 13.7. The van der Waals surface area contributed by atoms with E-state index in [-0.39, 0.29) is 17.7 Å². The number of rotatable bonds is 5. The number of nitrogens with zero attached hydrogens (tertiary/aromatic N) is 4. The average Bonchev–Trinajstić information content (AvgIpc) is 3.64. The van der Waals surface area contributed by atoms with Crippen LogP contribution >= 0.6 is 0 Å². The van der Waals surface area contributed by atoms with Crippen molar-refractivity contribution in [2.75, 3.05) is 0 Å². The molecule has 39 heavy (non-hydrogen) atoms. The molecule has 0 saturated heterocycles.